The molecule has 0 spiro atoms. The van der Waals surface area contributed by atoms with Gasteiger partial charge in [-0.25, -0.2) is 4.98 Å². The van der Waals surface area contributed by atoms with E-state index in [2.05, 4.69) is 39.9 Å². The zero-order valence-corrected chi connectivity index (χ0v) is 12.1. The Morgan fingerprint density at radius 3 is 2.89 bits per heavy atom. The standard InChI is InChI=1S/C14H13N3S2/c1-2-10(12-8-5-9-18-12)16-17-14-15-11-6-3-4-7-13(11)19-14/h3-9H,2H2,1H3,(H,15,17)/b16-10-. The molecular weight excluding hydrogens is 274 g/mol. The average molecular weight is 287 g/mol. The SMILES string of the molecule is CC/C(=N/Nc1nc2ccccc2s1)c1cccs1. The third kappa shape index (κ3) is 2.67. The third-order valence-corrected chi connectivity index (χ3v) is 4.58. The van der Waals surface area contributed by atoms with Gasteiger partial charge in [0.25, 0.3) is 0 Å². The second kappa shape index (κ2) is 5.50. The van der Waals surface area contributed by atoms with Crippen LogP contribution in [0.1, 0.15) is 18.2 Å². The van der Waals surface area contributed by atoms with E-state index in [-0.39, 0.29) is 0 Å². The van der Waals surface area contributed by atoms with E-state index in [1.54, 1.807) is 22.7 Å². The van der Waals surface area contributed by atoms with Crippen LogP contribution < -0.4 is 5.43 Å². The topological polar surface area (TPSA) is 37.3 Å². The third-order valence-electron chi connectivity index (χ3n) is 2.72. The lowest BCUT2D eigenvalue weighted by molar-refractivity contribution is 1.22. The first kappa shape index (κ1) is 12.3. The highest BCUT2D eigenvalue weighted by Gasteiger charge is 2.04. The molecule has 3 aromatic rings. The lowest BCUT2D eigenvalue weighted by Crippen LogP contribution is -2.00. The molecule has 3 nitrogen and oxygen atoms in total. The molecule has 0 aliphatic heterocycles. The van der Waals surface area contributed by atoms with Gasteiger partial charge in [-0.05, 0) is 30.0 Å². The number of para-hydroxylation sites is 1. The maximum absolute atomic E-state index is 4.50. The Morgan fingerprint density at radius 1 is 1.26 bits per heavy atom. The van der Waals surface area contributed by atoms with Crippen molar-refractivity contribution in [2.24, 2.45) is 5.10 Å². The van der Waals surface area contributed by atoms with Crippen LogP contribution in [0.5, 0.6) is 0 Å². The Bertz CT molecular complexity index is 665. The Morgan fingerprint density at radius 2 is 2.16 bits per heavy atom. The molecule has 0 fully saturated rings. The number of aromatic nitrogens is 1. The van der Waals surface area contributed by atoms with Gasteiger partial charge < -0.3 is 0 Å². The Hall–Kier alpha value is -1.72. The largest absolute Gasteiger partial charge is 0.252 e. The van der Waals surface area contributed by atoms with E-state index in [9.17, 15) is 0 Å². The molecule has 1 aromatic carbocycles. The fourth-order valence-electron chi connectivity index (χ4n) is 1.79. The minimum absolute atomic E-state index is 0.837. The number of hydrazone groups is 1. The van der Waals surface area contributed by atoms with Crippen LogP contribution in [0.2, 0.25) is 0 Å². The molecule has 0 unspecified atom stereocenters. The van der Waals surface area contributed by atoms with Gasteiger partial charge in [-0.3, -0.25) is 5.43 Å². The monoisotopic (exact) mass is 287 g/mol. The normalized spacial score (nSPS) is 11.9. The lowest BCUT2D eigenvalue weighted by atomic mass is 10.2. The van der Waals surface area contributed by atoms with Gasteiger partial charge in [0.2, 0.25) is 5.13 Å². The molecule has 0 atom stereocenters. The van der Waals surface area contributed by atoms with Crippen LogP contribution in [0.4, 0.5) is 5.13 Å². The van der Waals surface area contributed by atoms with E-state index in [0.29, 0.717) is 0 Å². The predicted octanol–water partition coefficient (Wildman–Crippen LogP) is 4.58. The Balaban J connectivity index is 1.84. The van der Waals surface area contributed by atoms with E-state index >= 15 is 0 Å². The van der Waals surface area contributed by atoms with Crippen LogP contribution >= 0.6 is 22.7 Å². The van der Waals surface area contributed by atoms with Gasteiger partial charge in [-0.15, -0.1) is 11.3 Å². The molecule has 2 heterocycles. The van der Waals surface area contributed by atoms with Gasteiger partial charge in [-0.2, -0.15) is 5.10 Å². The summed E-state index contributed by atoms with van der Waals surface area (Å²) < 4.78 is 1.18. The van der Waals surface area contributed by atoms with Crippen molar-refractivity contribution in [1.82, 2.24) is 4.98 Å². The number of nitrogens with zero attached hydrogens (tertiary/aromatic N) is 2. The summed E-state index contributed by atoms with van der Waals surface area (Å²) in [6.07, 6.45) is 0.901. The number of thiophene rings is 1. The molecule has 0 aliphatic rings. The van der Waals surface area contributed by atoms with Crippen LogP contribution in [0.15, 0.2) is 46.9 Å². The zero-order chi connectivity index (χ0) is 13.1. The first-order chi connectivity index (χ1) is 9.36. The van der Waals surface area contributed by atoms with Gasteiger partial charge in [0, 0.05) is 0 Å². The highest BCUT2D eigenvalue weighted by atomic mass is 32.1. The first-order valence-electron chi connectivity index (χ1n) is 6.09. The quantitative estimate of drug-likeness (QED) is 0.563. The fourth-order valence-corrected chi connectivity index (χ4v) is 3.38. The van der Waals surface area contributed by atoms with Crippen LogP contribution in [-0.4, -0.2) is 10.7 Å². The molecule has 96 valence electrons. The van der Waals surface area contributed by atoms with Crippen LogP contribution in [0.25, 0.3) is 10.2 Å². The summed E-state index contributed by atoms with van der Waals surface area (Å²) in [6, 6.07) is 12.2. The summed E-state index contributed by atoms with van der Waals surface area (Å²) in [5.74, 6) is 0. The average Bonchev–Trinajstić information content (AvgIpc) is 3.08. The number of thiazole rings is 1. The highest BCUT2D eigenvalue weighted by Crippen LogP contribution is 2.25. The van der Waals surface area contributed by atoms with Crippen molar-refractivity contribution in [2.75, 3.05) is 5.43 Å². The van der Waals surface area contributed by atoms with Gasteiger partial charge in [-0.1, -0.05) is 36.5 Å². The van der Waals surface area contributed by atoms with Gasteiger partial charge in [0.1, 0.15) is 0 Å². The number of rotatable bonds is 4. The van der Waals surface area contributed by atoms with Crippen molar-refractivity contribution in [2.45, 2.75) is 13.3 Å². The van der Waals surface area contributed by atoms with Crippen molar-refractivity contribution in [3.05, 3.63) is 46.7 Å². The Kier molecular flexibility index (Phi) is 3.57. The summed E-state index contributed by atoms with van der Waals surface area (Å²) >= 11 is 3.33. The molecule has 0 amide bonds. The van der Waals surface area contributed by atoms with Crippen LogP contribution in [0, 0.1) is 0 Å². The zero-order valence-electron chi connectivity index (χ0n) is 10.5. The number of nitrogens with one attached hydrogen (secondary N) is 1. The van der Waals surface area contributed by atoms with Crippen molar-refractivity contribution < 1.29 is 0 Å². The molecule has 0 aliphatic carbocycles. The summed E-state index contributed by atoms with van der Waals surface area (Å²) in [5, 5.41) is 7.38. The van der Waals surface area contributed by atoms with Crippen molar-refractivity contribution in [3.8, 4) is 0 Å². The first-order valence-corrected chi connectivity index (χ1v) is 7.78. The van der Waals surface area contributed by atoms with E-state index in [4.69, 9.17) is 0 Å². The number of fused-ring (bicyclic) bond motifs is 1. The smallest absolute Gasteiger partial charge is 0.204 e. The van der Waals surface area contributed by atoms with Crippen LogP contribution in [-0.2, 0) is 0 Å². The van der Waals surface area contributed by atoms with Crippen LogP contribution in [0.3, 0.4) is 0 Å². The number of hydrogen-bond acceptors (Lipinski definition) is 5. The minimum atomic E-state index is 0.837. The van der Waals surface area contributed by atoms with Crippen molar-refractivity contribution >= 4 is 43.7 Å². The second-order valence-electron chi connectivity index (χ2n) is 3.99. The predicted molar refractivity (Wildman–Crippen MR) is 84.4 cm³/mol. The molecule has 5 heteroatoms. The molecule has 1 N–H and O–H groups in total. The molecule has 0 radical (unpaired) electrons. The number of hydrogen-bond donors (Lipinski definition) is 1. The Labute approximate surface area is 119 Å². The molecule has 19 heavy (non-hydrogen) atoms. The van der Waals surface area contributed by atoms with E-state index in [1.807, 2.05) is 24.3 Å². The van der Waals surface area contributed by atoms with E-state index in [0.717, 1.165) is 22.8 Å². The summed E-state index contributed by atoms with van der Waals surface area (Å²) in [4.78, 5) is 5.71. The van der Waals surface area contributed by atoms with E-state index < -0.39 is 0 Å². The van der Waals surface area contributed by atoms with Gasteiger partial charge in [0.05, 0.1) is 20.8 Å². The summed E-state index contributed by atoms with van der Waals surface area (Å²) in [7, 11) is 0. The second-order valence-corrected chi connectivity index (χ2v) is 5.97. The maximum Gasteiger partial charge on any atom is 0.204 e. The molecule has 0 bridgehead atoms. The molecule has 3 rings (SSSR count). The molecule has 0 saturated heterocycles. The lowest BCUT2D eigenvalue weighted by Gasteiger charge is -2.00. The van der Waals surface area contributed by atoms with Gasteiger partial charge in [0.15, 0.2) is 0 Å². The highest BCUT2D eigenvalue weighted by molar-refractivity contribution is 7.22. The molecule has 2 aromatic heterocycles. The number of anilines is 1. The molecular formula is C14H13N3S2. The fraction of sp³-hybridized carbons (Fsp3) is 0.143. The summed E-state index contributed by atoms with van der Waals surface area (Å²) in [6.45, 7) is 2.11. The minimum Gasteiger partial charge on any atom is -0.252 e. The van der Waals surface area contributed by atoms with Crippen molar-refractivity contribution in [1.29, 1.82) is 0 Å². The molecule has 0 saturated carbocycles. The number of benzene rings is 1. The van der Waals surface area contributed by atoms with Gasteiger partial charge >= 0.3 is 0 Å². The van der Waals surface area contributed by atoms with Crippen molar-refractivity contribution in [3.63, 3.8) is 0 Å². The maximum atomic E-state index is 4.50. The van der Waals surface area contributed by atoms with E-state index in [1.165, 1.54) is 9.58 Å². The summed E-state index contributed by atoms with van der Waals surface area (Å²) in [5.41, 5.74) is 5.15.